The number of fused-ring (bicyclic) bond motifs is 1. The van der Waals surface area contributed by atoms with E-state index >= 15 is 0 Å². The van der Waals surface area contributed by atoms with E-state index in [-0.39, 0.29) is 0 Å². The first kappa shape index (κ1) is 23.8. The van der Waals surface area contributed by atoms with Gasteiger partial charge in [0.1, 0.15) is 6.11 Å². The van der Waals surface area contributed by atoms with Crippen molar-refractivity contribution in [2.75, 3.05) is 0 Å². The van der Waals surface area contributed by atoms with Crippen molar-refractivity contribution in [3.63, 3.8) is 0 Å². The Hall–Kier alpha value is -2.45. The maximum absolute atomic E-state index is 5.79. The molecule has 2 aromatic rings. The van der Waals surface area contributed by atoms with Gasteiger partial charge >= 0.3 is 0 Å². The van der Waals surface area contributed by atoms with Crippen LogP contribution in [0, 0.1) is 30.8 Å². The molecule has 0 aliphatic rings. The van der Waals surface area contributed by atoms with Gasteiger partial charge in [0, 0.05) is 18.2 Å². The predicted molar refractivity (Wildman–Crippen MR) is 129 cm³/mol. The first-order valence-electron chi connectivity index (χ1n) is 11.8. The van der Waals surface area contributed by atoms with Gasteiger partial charge in [0.2, 0.25) is 5.88 Å². The minimum atomic E-state index is 0.545. The molecule has 0 atom stereocenters. The van der Waals surface area contributed by atoms with Gasteiger partial charge in [-0.1, -0.05) is 101 Å². The Morgan fingerprint density at radius 3 is 2.13 bits per heavy atom. The second-order valence-electron chi connectivity index (χ2n) is 7.95. The largest absolute Gasteiger partial charge is 0.386 e. The molecule has 0 fully saturated rings. The average molecular weight is 404 g/mol. The molecule has 1 aromatic heterocycles. The zero-order chi connectivity index (χ0) is 21.4. The van der Waals surface area contributed by atoms with Gasteiger partial charge in [0.05, 0.1) is 11.1 Å². The standard InChI is InChI=1S/C28H37NO/c1-4-6-8-10-12-14-16-21-26-24(3)25-20-17-18-22-27(25)29-28(26)30-23-19-15-13-11-9-7-5-2/h17-18,20,22H,4-15H2,1-3H3. The Morgan fingerprint density at radius 1 is 0.800 bits per heavy atom. The Kier molecular flexibility index (Phi) is 11.5. The lowest BCUT2D eigenvalue weighted by Crippen LogP contribution is -1.97. The number of hydrogen-bond acceptors (Lipinski definition) is 2. The van der Waals surface area contributed by atoms with Crippen LogP contribution in [0.2, 0.25) is 0 Å². The molecular weight excluding hydrogens is 366 g/mol. The molecule has 30 heavy (non-hydrogen) atoms. The van der Waals surface area contributed by atoms with Crippen molar-refractivity contribution in [2.45, 2.75) is 97.8 Å². The Labute approximate surface area is 183 Å². The van der Waals surface area contributed by atoms with Gasteiger partial charge in [-0.15, -0.1) is 0 Å². The summed E-state index contributed by atoms with van der Waals surface area (Å²) in [7, 11) is 0. The van der Waals surface area contributed by atoms with Crippen molar-refractivity contribution in [3.05, 3.63) is 35.4 Å². The molecule has 0 radical (unpaired) electrons. The highest BCUT2D eigenvalue weighted by atomic mass is 16.5. The number of unbranched alkanes of at least 4 members (excludes halogenated alkanes) is 10. The smallest absolute Gasteiger partial charge is 0.247 e. The van der Waals surface area contributed by atoms with Gasteiger partial charge < -0.3 is 4.74 Å². The van der Waals surface area contributed by atoms with Crippen molar-refractivity contribution in [3.8, 4) is 29.7 Å². The number of para-hydroxylation sites is 1. The lowest BCUT2D eigenvalue weighted by molar-refractivity contribution is 0.496. The van der Waals surface area contributed by atoms with Crippen LogP contribution in [0.5, 0.6) is 5.88 Å². The van der Waals surface area contributed by atoms with Gasteiger partial charge in [-0.25, -0.2) is 4.98 Å². The second-order valence-corrected chi connectivity index (χ2v) is 7.95. The van der Waals surface area contributed by atoms with Crippen LogP contribution in [0.1, 0.15) is 102 Å². The third-order valence-electron chi connectivity index (χ3n) is 5.36. The maximum Gasteiger partial charge on any atom is 0.247 e. The van der Waals surface area contributed by atoms with E-state index in [2.05, 4.69) is 50.7 Å². The van der Waals surface area contributed by atoms with E-state index in [0.29, 0.717) is 5.88 Å². The summed E-state index contributed by atoms with van der Waals surface area (Å²) in [5, 5.41) is 1.13. The Morgan fingerprint density at radius 2 is 1.43 bits per heavy atom. The predicted octanol–water partition coefficient (Wildman–Crippen LogP) is 7.96. The summed E-state index contributed by atoms with van der Waals surface area (Å²) in [6, 6.07) is 8.16. The summed E-state index contributed by atoms with van der Waals surface area (Å²) >= 11 is 0. The molecule has 1 aromatic carbocycles. The monoisotopic (exact) mass is 403 g/mol. The van der Waals surface area contributed by atoms with Crippen molar-refractivity contribution in [1.82, 2.24) is 4.98 Å². The van der Waals surface area contributed by atoms with E-state index in [1.807, 2.05) is 18.2 Å². The number of nitrogens with zero attached hydrogens (tertiary/aromatic N) is 1. The SMILES string of the molecule is CCCCCCCC#COc1nc2ccccc2c(C)c1C#CCCCCCCC. The molecule has 0 amide bonds. The van der Waals surface area contributed by atoms with Crippen LogP contribution in [0.3, 0.4) is 0 Å². The van der Waals surface area contributed by atoms with E-state index in [4.69, 9.17) is 9.72 Å². The summed E-state index contributed by atoms with van der Waals surface area (Å²) < 4.78 is 5.79. The summed E-state index contributed by atoms with van der Waals surface area (Å²) in [5.41, 5.74) is 2.92. The minimum Gasteiger partial charge on any atom is -0.386 e. The highest BCUT2D eigenvalue weighted by Crippen LogP contribution is 2.26. The third-order valence-corrected chi connectivity index (χ3v) is 5.36. The zero-order valence-electron chi connectivity index (χ0n) is 19.2. The molecule has 1 heterocycles. The minimum absolute atomic E-state index is 0.545. The van der Waals surface area contributed by atoms with E-state index in [9.17, 15) is 0 Å². The molecule has 0 saturated carbocycles. The summed E-state index contributed by atoms with van der Waals surface area (Å²) in [4.78, 5) is 4.71. The Balaban J connectivity index is 2.06. The fourth-order valence-corrected chi connectivity index (χ4v) is 3.49. The molecule has 0 spiro atoms. The molecule has 0 bridgehead atoms. The van der Waals surface area contributed by atoms with Crippen LogP contribution in [-0.4, -0.2) is 4.98 Å². The van der Waals surface area contributed by atoms with Gasteiger partial charge in [0.25, 0.3) is 0 Å². The highest BCUT2D eigenvalue weighted by molar-refractivity contribution is 5.85. The number of ether oxygens (including phenoxy) is 1. The van der Waals surface area contributed by atoms with E-state index in [1.54, 1.807) is 0 Å². The van der Waals surface area contributed by atoms with Crippen LogP contribution in [0.4, 0.5) is 0 Å². The van der Waals surface area contributed by atoms with Crippen LogP contribution in [-0.2, 0) is 0 Å². The topological polar surface area (TPSA) is 22.1 Å². The molecule has 2 heteroatoms. The number of rotatable bonds is 11. The second kappa shape index (κ2) is 14.5. The van der Waals surface area contributed by atoms with Crippen molar-refractivity contribution in [1.29, 1.82) is 0 Å². The molecule has 0 unspecified atom stereocenters. The van der Waals surface area contributed by atoms with Crippen LogP contribution in [0.25, 0.3) is 10.9 Å². The van der Waals surface area contributed by atoms with Crippen LogP contribution < -0.4 is 4.74 Å². The van der Waals surface area contributed by atoms with Crippen molar-refractivity contribution in [2.24, 2.45) is 0 Å². The van der Waals surface area contributed by atoms with E-state index in [1.165, 1.54) is 51.4 Å². The van der Waals surface area contributed by atoms with E-state index < -0.39 is 0 Å². The number of aryl methyl sites for hydroxylation is 1. The molecule has 160 valence electrons. The van der Waals surface area contributed by atoms with Crippen LogP contribution in [0.15, 0.2) is 24.3 Å². The first-order chi connectivity index (χ1) is 14.8. The molecule has 0 aliphatic carbocycles. The van der Waals surface area contributed by atoms with Gasteiger partial charge in [-0.3, -0.25) is 0 Å². The first-order valence-corrected chi connectivity index (χ1v) is 11.8. The zero-order valence-corrected chi connectivity index (χ0v) is 19.2. The number of hydrogen-bond donors (Lipinski definition) is 0. The Bertz CT molecular complexity index is 892. The maximum atomic E-state index is 5.79. The molecule has 2 nitrogen and oxygen atoms in total. The molecule has 0 aliphatic heterocycles. The lowest BCUT2D eigenvalue weighted by Gasteiger charge is -2.08. The summed E-state index contributed by atoms with van der Waals surface area (Å²) in [5.74, 6) is 10.4. The van der Waals surface area contributed by atoms with E-state index in [0.717, 1.165) is 47.7 Å². The fraction of sp³-hybridized carbons (Fsp3) is 0.536. The highest BCUT2D eigenvalue weighted by Gasteiger charge is 2.11. The molecule has 0 N–H and O–H groups in total. The average Bonchev–Trinajstić information content (AvgIpc) is 2.76. The van der Waals surface area contributed by atoms with Crippen molar-refractivity contribution < 1.29 is 4.74 Å². The quantitative estimate of drug-likeness (QED) is 0.280. The number of pyridine rings is 1. The van der Waals surface area contributed by atoms with Crippen molar-refractivity contribution >= 4 is 10.9 Å². The lowest BCUT2D eigenvalue weighted by atomic mass is 10.0. The molecule has 2 rings (SSSR count). The molecular formula is C28H37NO. The van der Waals surface area contributed by atoms with Crippen LogP contribution >= 0.6 is 0 Å². The normalized spacial score (nSPS) is 10.2. The summed E-state index contributed by atoms with van der Waals surface area (Å²) in [6.45, 7) is 6.58. The third kappa shape index (κ3) is 8.12. The fourth-order valence-electron chi connectivity index (χ4n) is 3.49. The van der Waals surface area contributed by atoms with Gasteiger partial charge in [0.15, 0.2) is 0 Å². The number of benzene rings is 1. The number of aromatic nitrogens is 1. The summed E-state index contributed by atoms with van der Waals surface area (Å²) in [6.07, 6.45) is 17.2. The van der Waals surface area contributed by atoms with Gasteiger partial charge in [-0.05, 0) is 31.4 Å². The molecule has 0 saturated heterocycles. The van der Waals surface area contributed by atoms with Gasteiger partial charge in [-0.2, -0.15) is 0 Å².